The van der Waals surface area contributed by atoms with Gasteiger partial charge in [0, 0.05) is 23.4 Å². The van der Waals surface area contributed by atoms with Crippen molar-refractivity contribution in [2.45, 2.75) is 19.9 Å². The molecule has 0 radical (unpaired) electrons. The maximum Gasteiger partial charge on any atom is 0.377 e. The molecule has 2 aromatic rings. The molecule has 5 heteroatoms. The molecule has 0 aliphatic carbocycles. The SMILES string of the molecule is CC(C)n1cc(-c2ccc(C(=O)C(=O)O)cc2)cn1. The summed E-state index contributed by atoms with van der Waals surface area (Å²) in [5, 5.41) is 12.9. The molecular formula is C14H14N2O3. The van der Waals surface area contributed by atoms with Crippen molar-refractivity contribution in [3.05, 3.63) is 42.2 Å². The summed E-state index contributed by atoms with van der Waals surface area (Å²) < 4.78 is 1.84. The first-order valence-electron chi connectivity index (χ1n) is 5.91. The van der Waals surface area contributed by atoms with Gasteiger partial charge < -0.3 is 5.11 Å². The highest BCUT2D eigenvalue weighted by Gasteiger charge is 2.14. The van der Waals surface area contributed by atoms with Crippen LogP contribution in [0.4, 0.5) is 0 Å². The zero-order valence-electron chi connectivity index (χ0n) is 10.7. The van der Waals surface area contributed by atoms with Crippen molar-refractivity contribution in [1.82, 2.24) is 9.78 Å². The van der Waals surface area contributed by atoms with E-state index in [0.717, 1.165) is 11.1 Å². The van der Waals surface area contributed by atoms with Gasteiger partial charge in [-0.25, -0.2) is 4.79 Å². The van der Waals surface area contributed by atoms with Crippen molar-refractivity contribution < 1.29 is 14.7 Å². The van der Waals surface area contributed by atoms with Gasteiger partial charge in [0.1, 0.15) is 0 Å². The molecule has 1 heterocycles. The van der Waals surface area contributed by atoms with Crippen LogP contribution in [-0.2, 0) is 4.79 Å². The number of aliphatic carboxylic acids is 1. The minimum absolute atomic E-state index is 0.174. The molecule has 0 saturated heterocycles. The molecule has 98 valence electrons. The van der Waals surface area contributed by atoms with Gasteiger partial charge in [-0.05, 0) is 19.4 Å². The molecule has 5 nitrogen and oxygen atoms in total. The topological polar surface area (TPSA) is 72.2 Å². The van der Waals surface area contributed by atoms with E-state index < -0.39 is 11.8 Å². The minimum atomic E-state index is -1.44. The number of nitrogens with zero attached hydrogens (tertiary/aromatic N) is 2. The Hall–Kier alpha value is -2.43. The summed E-state index contributed by atoms with van der Waals surface area (Å²) in [5.41, 5.74) is 2.00. The van der Waals surface area contributed by atoms with Crippen molar-refractivity contribution >= 4 is 11.8 Å². The number of ketones is 1. The summed E-state index contributed by atoms with van der Waals surface area (Å²) in [6, 6.07) is 6.74. The van der Waals surface area contributed by atoms with Crippen molar-refractivity contribution in [3.63, 3.8) is 0 Å². The molecule has 0 spiro atoms. The lowest BCUT2D eigenvalue weighted by molar-refractivity contribution is -0.131. The Bertz CT molecular complexity index is 612. The number of aromatic nitrogens is 2. The van der Waals surface area contributed by atoms with Gasteiger partial charge >= 0.3 is 5.97 Å². The Labute approximate surface area is 110 Å². The lowest BCUT2D eigenvalue weighted by Crippen LogP contribution is -2.12. The van der Waals surface area contributed by atoms with Gasteiger partial charge in [-0.2, -0.15) is 5.10 Å². The zero-order valence-corrected chi connectivity index (χ0v) is 10.7. The predicted molar refractivity (Wildman–Crippen MR) is 70.0 cm³/mol. The van der Waals surface area contributed by atoms with Crippen LogP contribution in [-0.4, -0.2) is 26.6 Å². The summed E-state index contributed by atoms with van der Waals surface area (Å²) in [6.45, 7) is 4.07. The van der Waals surface area contributed by atoms with E-state index >= 15 is 0 Å². The summed E-state index contributed by atoms with van der Waals surface area (Å²) in [6.07, 6.45) is 3.66. The molecule has 0 bridgehead atoms. The maximum atomic E-state index is 11.3. The molecule has 0 aliphatic heterocycles. The number of hydrogen-bond acceptors (Lipinski definition) is 3. The van der Waals surface area contributed by atoms with Gasteiger partial charge in [0.25, 0.3) is 5.78 Å². The van der Waals surface area contributed by atoms with Crippen LogP contribution in [0.15, 0.2) is 36.7 Å². The first-order chi connectivity index (χ1) is 8.99. The second-order valence-electron chi connectivity index (χ2n) is 4.51. The first-order valence-corrected chi connectivity index (χ1v) is 5.91. The molecule has 19 heavy (non-hydrogen) atoms. The molecule has 0 amide bonds. The smallest absolute Gasteiger partial charge is 0.377 e. The first kappa shape index (κ1) is 13.0. The van der Waals surface area contributed by atoms with Crippen LogP contribution in [0.2, 0.25) is 0 Å². The van der Waals surface area contributed by atoms with E-state index in [1.165, 1.54) is 12.1 Å². The summed E-state index contributed by atoms with van der Waals surface area (Å²) in [4.78, 5) is 21.8. The monoisotopic (exact) mass is 258 g/mol. The number of carboxylic acids is 1. The van der Waals surface area contributed by atoms with Crippen molar-refractivity contribution in [2.24, 2.45) is 0 Å². The molecule has 1 N–H and O–H groups in total. The van der Waals surface area contributed by atoms with Crippen LogP contribution in [0, 0.1) is 0 Å². The van der Waals surface area contributed by atoms with Gasteiger partial charge in [0.05, 0.1) is 6.20 Å². The lowest BCUT2D eigenvalue weighted by atomic mass is 10.1. The highest BCUT2D eigenvalue weighted by atomic mass is 16.4. The number of Topliss-reactive ketones (excluding diaryl/α,β-unsaturated/α-hetero) is 1. The average molecular weight is 258 g/mol. The largest absolute Gasteiger partial charge is 0.475 e. The molecule has 0 saturated carbocycles. The number of hydrogen-bond donors (Lipinski definition) is 1. The fourth-order valence-electron chi connectivity index (χ4n) is 1.71. The lowest BCUT2D eigenvalue weighted by Gasteiger charge is -2.03. The van der Waals surface area contributed by atoms with E-state index in [1.807, 2.05) is 24.7 Å². The maximum absolute atomic E-state index is 11.3. The Morgan fingerprint density at radius 1 is 1.16 bits per heavy atom. The fraction of sp³-hybridized carbons (Fsp3) is 0.214. The third kappa shape index (κ3) is 2.70. The Kier molecular flexibility index (Phi) is 3.46. The number of carbonyl (C=O) groups is 2. The highest BCUT2D eigenvalue weighted by Crippen LogP contribution is 2.20. The molecule has 2 rings (SSSR count). The molecule has 0 atom stereocenters. The van der Waals surface area contributed by atoms with Crippen LogP contribution in [0.3, 0.4) is 0 Å². The molecule has 1 aromatic carbocycles. The van der Waals surface area contributed by atoms with Crippen LogP contribution in [0.1, 0.15) is 30.2 Å². The second kappa shape index (κ2) is 5.06. The summed E-state index contributed by atoms with van der Waals surface area (Å²) >= 11 is 0. The summed E-state index contributed by atoms with van der Waals surface area (Å²) in [5.74, 6) is -2.34. The van der Waals surface area contributed by atoms with Crippen LogP contribution >= 0.6 is 0 Å². The summed E-state index contributed by atoms with van der Waals surface area (Å²) in [7, 11) is 0. The van der Waals surface area contributed by atoms with Crippen LogP contribution in [0.5, 0.6) is 0 Å². The van der Waals surface area contributed by atoms with Gasteiger partial charge in [0.15, 0.2) is 0 Å². The van der Waals surface area contributed by atoms with Crippen LogP contribution in [0.25, 0.3) is 11.1 Å². The molecule has 0 aliphatic rings. The van der Waals surface area contributed by atoms with E-state index in [9.17, 15) is 9.59 Å². The van der Waals surface area contributed by atoms with E-state index in [4.69, 9.17) is 5.11 Å². The number of carbonyl (C=O) groups excluding carboxylic acids is 1. The Morgan fingerprint density at radius 2 is 1.79 bits per heavy atom. The third-order valence-corrected chi connectivity index (χ3v) is 2.81. The average Bonchev–Trinajstić information content (AvgIpc) is 2.87. The fourth-order valence-corrected chi connectivity index (χ4v) is 1.71. The van der Waals surface area contributed by atoms with Crippen molar-refractivity contribution in [2.75, 3.05) is 0 Å². The normalized spacial score (nSPS) is 10.7. The quantitative estimate of drug-likeness (QED) is 0.675. The van der Waals surface area contributed by atoms with Gasteiger partial charge in [0.2, 0.25) is 0 Å². The van der Waals surface area contributed by atoms with E-state index in [1.54, 1.807) is 18.3 Å². The zero-order chi connectivity index (χ0) is 14.0. The Balaban J connectivity index is 2.27. The second-order valence-corrected chi connectivity index (χ2v) is 4.51. The van der Waals surface area contributed by atoms with Gasteiger partial charge in [-0.15, -0.1) is 0 Å². The van der Waals surface area contributed by atoms with Crippen molar-refractivity contribution in [3.8, 4) is 11.1 Å². The number of carboxylic acid groups (broad SMARTS) is 1. The molecule has 0 fully saturated rings. The van der Waals surface area contributed by atoms with Crippen LogP contribution < -0.4 is 0 Å². The van der Waals surface area contributed by atoms with Gasteiger partial charge in [-0.1, -0.05) is 24.3 Å². The van der Waals surface area contributed by atoms with E-state index in [2.05, 4.69) is 5.10 Å². The van der Waals surface area contributed by atoms with E-state index in [-0.39, 0.29) is 11.6 Å². The predicted octanol–water partition coefficient (Wildman–Crippen LogP) is 2.40. The minimum Gasteiger partial charge on any atom is -0.475 e. The van der Waals surface area contributed by atoms with Crippen molar-refractivity contribution in [1.29, 1.82) is 0 Å². The highest BCUT2D eigenvalue weighted by molar-refractivity contribution is 6.39. The van der Waals surface area contributed by atoms with E-state index in [0.29, 0.717) is 0 Å². The number of benzene rings is 1. The standard InChI is InChI=1S/C14H14N2O3/c1-9(2)16-8-12(7-15-16)10-3-5-11(6-4-10)13(17)14(18)19/h3-9H,1-2H3,(H,18,19). The van der Waals surface area contributed by atoms with Gasteiger partial charge in [-0.3, -0.25) is 9.48 Å². The molecule has 0 unspecified atom stereocenters. The molecule has 1 aromatic heterocycles. The third-order valence-electron chi connectivity index (χ3n) is 2.81. The number of rotatable bonds is 4. The Morgan fingerprint density at radius 3 is 2.26 bits per heavy atom. The molecular weight excluding hydrogens is 244 g/mol.